The van der Waals surface area contributed by atoms with Crippen molar-refractivity contribution in [1.29, 1.82) is 0 Å². The van der Waals surface area contributed by atoms with E-state index in [1.807, 2.05) is 55.5 Å². The van der Waals surface area contributed by atoms with Crippen molar-refractivity contribution in [1.82, 2.24) is 10.2 Å². The number of hydrogen-bond donors (Lipinski definition) is 1. The molecule has 0 saturated heterocycles. The van der Waals surface area contributed by atoms with Gasteiger partial charge < -0.3 is 10.5 Å². The standard InChI is InChI=1S/C16H15N3O/c1-11-14-4-2-3-5-15(14)16(19-18-11)20-13-8-6-12(10-17)7-9-13/h2-9H,10,17H2,1H3. The minimum Gasteiger partial charge on any atom is -0.437 e. The third-order valence-corrected chi connectivity index (χ3v) is 3.21. The van der Waals surface area contributed by atoms with Gasteiger partial charge in [-0.05, 0) is 30.7 Å². The summed E-state index contributed by atoms with van der Waals surface area (Å²) in [5, 5.41) is 10.3. The van der Waals surface area contributed by atoms with Crippen LogP contribution in [0.4, 0.5) is 0 Å². The van der Waals surface area contributed by atoms with Crippen molar-refractivity contribution in [2.45, 2.75) is 13.5 Å². The van der Waals surface area contributed by atoms with Gasteiger partial charge in [-0.15, -0.1) is 5.10 Å². The molecule has 1 aromatic heterocycles. The molecule has 4 nitrogen and oxygen atoms in total. The van der Waals surface area contributed by atoms with E-state index in [0.29, 0.717) is 12.4 Å². The van der Waals surface area contributed by atoms with Crippen LogP contribution in [0.25, 0.3) is 10.8 Å². The molecule has 0 spiro atoms. The summed E-state index contributed by atoms with van der Waals surface area (Å²) in [6.45, 7) is 2.46. The maximum Gasteiger partial charge on any atom is 0.246 e. The van der Waals surface area contributed by atoms with Crippen LogP contribution >= 0.6 is 0 Å². The molecule has 0 atom stereocenters. The zero-order valence-electron chi connectivity index (χ0n) is 11.2. The second-order valence-corrected chi connectivity index (χ2v) is 4.59. The third-order valence-electron chi connectivity index (χ3n) is 3.21. The molecule has 0 amide bonds. The number of rotatable bonds is 3. The van der Waals surface area contributed by atoms with Gasteiger partial charge in [-0.1, -0.05) is 30.3 Å². The highest BCUT2D eigenvalue weighted by molar-refractivity contribution is 5.88. The molecular formula is C16H15N3O. The molecule has 0 unspecified atom stereocenters. The van der Waals surface area contributed by atoms with E-state index in [-0.39, 0.29) is 0 Å². The fourth-order valence-electron chi connectivity index (χ4n) is 2.09. The number of nitrogens with two attached hydrogens (primary N) is 1. The van der Waals surface area contributed by atoms with Crippen LogP contribution in [0.3, 0.4) is 0 Å². The van der Waals surface area contributed by atoms with Crippen molar-refractivity contribution in [3.8, 4) is 11.6 Å². The Hall–Kier alpha value is -2.46. The van der Waals surface area contributed by atoms with Gasteiger partial charge in [-0.25, -0.2) is 0 Å². The van der Waals surface area contributed by atoms with E-state index in [1.54, 1.807) is 0 Å². The van der Waals surface area contributed by atoms with E-state index in [1.165, 1.54) is 0 Å². The van der Waals surface area contributed by atoms with Crippen molar-refractivity contribution < 1.29 is 4.74 Å². The van der Waals surface area contributed by atoms with Gasteiger partial charge in [0.05, 0.1) is 5.69 Å². The van der Waals surface area contributed by atoms with E-state index < -0.39 is 0 Å². The largest absolute Gasteiger partial charge is 0.437 e. The molecule has 0 aliphatic heterocycles. The summed E-state index contributed by atoms with van der Waals surface area (Å²) in [5.74, 6) is 1.25. The lowest BCUT2D eigenvalue weighted by Crippen LogP contribution is -1.97. The molecule has 0 bridgehead atoms. The van der Waals surface area contributed by atoms with Gasteiger partial charge in [0.25, 0.3) is 0 Å². The predicted molar refractivity (Wildman–Crippen MR) is 78.7 cm³/mol. The molecule has 2 N–H and O–H groups in total. The summed E-state index contributed by atoms with van der Waals surface area (Å²) in [6.07, 6.45) is 0. The smallest absolute Gasteiger partial charge is 0.246 e. The molecule has 20 heavy (non-hydrogen) atoms. The highest BCUT2D eigenvalue weighted by Gasteiger charge is 2.08. The van der Waals surface area contributed by atoms with Crippen molar-refractivity contribution in [2.75, 3.05) is 0 Å². The van der Waals surface area contributed by atoms with Gasteiger partial charge in [0.1, 0.15) is 5.75 Å². The molecule has 1 heterocycles. The molecule has 100 valence electrons. The summed E-state index contributed by atoms with van der Waals surface area (Å²) >= 11 is 0. The average molecular weight is 265 g/mol. The van der Waals surface area contributed by atoms with Crippen LogP contribution in [-0.2, 0) is 6.54 Å². The maximum atomic E-state index is 5.83. The molecule has 0 fully saturated rings. The SMILES string of the molecule is Cc1nnc(Oc2ccc(CN)cc2)c2ccccc12. The normalized spacial score (nSPS) is 10.7. The Morgan fingerprint density at radius 3 is 2.35 bits per heavy atom. The van der Waals surface area contributed by atoms with E-state index in [0.717, 1.165) is 27.8 Å². The zero-order valence-corrected chi connectivity index (χ0v) is 11.2. The first-order chi connectivity index (χ1) is 9.78. The highest BCUT2D eigenvalue weighted by Crippen LogP contribution is 2.28. The molecule has 4 heteroatoms. The van der Waals surface area contributed by atoms with Gasteiger partial charge >= 0.3 is 0 Å². The number of aryl methyl sites for hydroxylation is 1. The van der Waals surface area contributed by atoms with Crippen molar-refractivity contribution in [3.05, 3.63) is 59.8 Å². The first-order valence-electron chi connectivity index (χ1n) is 6.47. The summed E-state index contributed by atoms with van der Waals surface area (Å²) in [6, 6.07) is 15.6. The highest BCUT2D eigenvalue weighted by atomic mass is 16.5. The molecule has 0 radical (unpaired) electrons. The number of nitrogens with zero attached hydrogens (tertiary/aromatic N) is 2. The predicted octanol–water partition coefficient (Wildman–Crippen LogP) is 3.19. The van der Waals surface area contributed by atoms with Crippen LogP contribution in [0.1, 0.15) is 11.3 Å². The van der Waals surface area contributed by atoms with Gasteiger partial charge in [0.15, 0.2) is 0 Å². The maximum absolute atomic E-state index is 5.83. The number of fused-ring (bicyclic) bond motifs is 1. The monoisotopic (exact) mass is 265 g/mol. The Morgan fingerprint density at radius 2 is 1.65 bits per heavy atom. The summed E-state index contributed by atoms with van der Waals surface area (Å²) in [5.41, 5.74) is 7.54. The van der Waals surface area contributed by atoms with Gasteiger partial charge in [0.2, 0.25) is 5.88 Å². The topological polar surface area (TPSA) is 61.0 Å². The van der Waals surface area contributed by atoms with Gasteiger partial charge in [-0.2, -0.15) is 5.10 Å². The quantitative estimate of drug-likeness (QED) is 0.790. The van der Waals surface area contributed by atoms with Crippen LogP contribution < -0.4 is 10.5 Å². The molecule has 3 rings (SSSR count). The van der Waals surface area contributed by atoms with Crippen LogP contribution in [0, 0.1) is 6.92 Å². The third kappa shape index (κ3) is 2.33. The Kier molecular flexibility index (Phi) is 3.31. The fraction of sp³-hybridized carbons (Fsp3) is 0.125. The molecule has 3 aromatic rings. The first kappa shape index (κ1) is 12.6. The second kappa shape index (κ2) is 5.27. The van der Waals surface area contributed by atoms with Crippen molar-refractivity contribution >= 4 is 10.8 Å². The Balaban J connectivity index is 2.00. The van der Waals surface area contributed by atoms with Crippen LogP contribution in [0.15, 0.2) is 48.5 Å². The number of aromatic nitrogens is 2. The summed E-state index contributed by atoms with van der Waals surface area (Å²) in [4.78, 5) is 0. The lowest BCUT2D eigenvalue weighted by molar-refractivity contribution is 0.461. The zero-order chi connectivity index (χ0) is 13.9. The lowest BCUT2D eigenvalue weighted by Gasteiger charge is -2.08. The van der Waals surface area contributed by atoms with Crippen LogP contribution in [-0.4, -0.2) is 10.2 Å². The molecule has 2 aromatic carbocycles. The van der Waals surface area contributed by atoms with Crippen LogP contribution in [0.2, 0.25) is 0 Å². The second-order valence-electron chi connectivity index (χ2n) is 4.59. The van der Waals surface area contributed by atoms with E-state index in [4.69, 9.17) is 10.5 Å². The van der Waals surface area contributed by atoms with Gasteiger partial charge in [0, 0.05) is 17.3 Å². The summed E-state index contributed by atoms with van der Waals surface area (Å²) in [7, 11) is 0. The van der Waals surface area contributed by atoms with Crippen molar-refractivity contribution in [3.63, 3.8) is 0 Å². The first-order valence-corrected chi connectivity index (χ1v) is 6.47. The van der Waals surface area contributed by atoms with E-state index in [2.05, 4.69) is 10.2 Å². The molecule has 0 aliphatic rings. The minimum absolute atomic E-state index is 0.520. The van der Waals surface area contributed by atoms with E-state index in [9.17, 15) is 0 Å². The Bertz CT molecular complexity index is 738. The molecular weight excluding hydrogens is 250 g/mol. The van der Waals surface area contributed by atoms with Crippen LogP contribution in [0.5, 0.6) is 11.6 Å². The molecule has 0 aliphatic carbocycles. The number of benzene rings is 2. The summed E-state index contributed by atoms with van der Waals surface area (Å²) < 4.78 is 5.83. The van der Waals surface area contributed by atoms with Gasteiger partial charge in [-0.3, -0.25) is 0 Å². The van der Waals surface area contributed by atoms with Crippen molar-refractivity contribution in [2.24, 2.45) is 5.73 Å². The lowest BCUT2D eigenvalue weighted by atomic mass is 10.1. The van der Waals surface area contributed by atoms with E-state index >= 15 is 0 Å². The minimum atomic E-state index is 0.520. The fourth-order valence-corrected chi connectivity index (χ4v) is 2.09. The number of ether oxygens (including phenoxy) is 1. The number of hydrogen-bond acceptors (Lipinski definition) is 4. The average Bonchev–Trinajstić information content (AvgIpc) is 2.51. The Morgan fingerprint density at radius 1 is 0.950 bits per heavy atom. The Labute approximate surface area is 117 Å². The molecule has 0 saturated carbocycles.